The van der Waals surface area contributed by atoms with Crippen molar-refractivity contribution >= 4 is 6.72 Å². The highest BCUT2D eigenvalue weighted by Crippen LogP contribution is 1.77. The van der Waals surface area contributed by atoms with E-state index in [1.807, 2.05) is 11.9 Å². The Labute approximate surface area is 61.5 Å². The predicted octanol–water partition coefficient (Wildman–Crippen LogP) is -0.884. The fourth-order valence-electron chi connectivity index (χ4n) is 0.602. The molecule has 0 heterocycles. The summed E-state index contributed by atoms with van der Waals surface area (Å²) in [5.74, 6) is 0. The third kappa shape index (κ3) is 5.53. The summed E-state index contributed by atoms with van der Waals surface area (Å²) in [6, 6.07) is 0. The van der Waals surface area contributed by atoms with Gasteiger partial charge in [0.25, 0.3) is 0 Å². The first kappa shape index (κ1) is 9.39. The van der Waals surface area contributed by atoms with E-state index in [4.69, 9.17) is 5.11 Å². The van der Waals surface area contributed by atoms with Gasteiger partial charge in [-0.2, -0.15) is 5.10 Å². The van der Waals surface area contributed by atoms with E-state index in [0.717, 1.165) is 13.1 Å². The molecule has 0 spiro atoms. The van der Waals surface area contributed by atoms with Crippen LogP contribution in [0.5, 0.6) is 0 Å². The monoisotopic (exact) mass is 145 g/mol. The maximum Gasteiger partial charge on any atom is 0.0558 e. The van der Waals surface area contributed by atoms with Gasteiger partial charge in [0.05, 0.1) is 6.61 Å². The van der Waals surface area contributed by atoms with E-state index < -0.39 is 0 Å². The van der Waals surface area contributed by atoms with Crippen molar-refractivity contribution in [3.8, 4) is 0 Å². The number of hydrazone groups is 1. The molecule has 4 nitrogen and oxygen atoms in total. The summed E-state index contributed by atoms with van der Waals surface area (Å²) in [7, 11) is 1.95. The maximum absolute atomic E-state index is 8.50. The van der Waals surface area contributed by atoms with Crippen molar-refractivity contribution in [3.05, 3.63) is 0 Å². The Hall–Kier alpha value is -0.610. The quantitative estimate of drug-likeness (QED) is 0.290. The normalized spacial score (nSPS) is 9.90. The molecule has 0 atom stereocenters. The van der Waals surface area contributed by atoms with Crippen LogP contribution >= 0.6 is 0 Å². The minimum Gasteiger partial charge on any atom is -0.395 e. The molecule has 0 aliphatic rings. The van der Waals surface area contributed by atoms with Crippen molar-refractivity contribution in [1.82, 2.24) is 10.3 Å². The molecule has 0 saturated carbocycles. The molecule has 0 amide bonds. The SMILES string of the molecule is C=NNCCN(C)CCO. The lowest BCUT2D eigenvalue weighted by Gasteiger charge is -2.13. The predicted molar refractivity (Wildman–Crippen MR) is 42.1 cm³/mol. The Bertz CT molecular complexity index is 87.1. The van der Waals surface area contributed by atoms with Gasteiger partial charge >= 0.3 is 0 Å². The van der Waals surface area contributed by atoms with Crippen LogP contribution in [0, 0.1) is 0 Å². The first-order valence-electron chi connectivity index (χ1n) is 3.29. The molecule has 10 heavy (non-hydrogen) atoms. The number of nitrogens with one attached hydrogen (secondary N) is 1. The second-order valence-corrected chi connectivity index (χ2v) is 2.09. The summed E-state index contributed by atoms with van der Waals surface area (Å²) in [5, 5.41) is 12.0. The van der Waals surface area contributed by atoms with Crippen LogP contribution in [0.15, 0.2) is 5.10 Å². The van der Waals surface area contributed by atoms with Crippen LogP contribution in [0.1, 0.15) is 0 Å². The summed E-state index contributed by atoms with van der Waals surface area (Å²) in [5.41, 5.74) is 2.73. The van der Waals surface area contributed by atoms with Gasteiger partial charge in [-0.15, -0.1) is 0 Å². The second kappa shape index (κ2) is 6.51. The molecule has 0 aliphatic heterocycles. The average molecular weight is 145 g/mol. The molecular weight excluding hydrogens is 130 g/mol. The van der Waals surface area contributed by atoms with Crippen LogP contribution in [0.25, 0.3) is 0 Å². The topological polar surface area (TPSA) is 47.9 Å². The fraction of sp³-hybridized carbons (Fsp3) is 0.833. The number of likely N-dealkylation sites (N-methyl/N-ethyl adjacent to an activating group) is 1. The number of aliphatic hydroxyl groups is 1. The Kier molecular flexibility index (Phi) is 6.11. The van der Waals surface area contributed by atoms with Gasteiger partial charge in [0.15, 0.2) is 0 Å². The maximum atomic E-state index is 8.50. The van der Waals surface area contributed by atoms with E-state index in [2.05, 4.69) is 17.2 Å². The largest absolute Gasteiger partial charge is 0.395 e. The lowest BCUT2D eigenvalue weighted by Crippen LogP contribution is -2.29. The Morgan fingerprint density at radius 3 is 2.80 bits per heavy atom. The molecule has 0 aromatic carbocycles. The van der Waals surface area contributed by atoms with Crippen molar-refractivity contribution in [3.63, 3.8) is 0 Å². The minimum atomic E-state index is 0.206. The van der Waals surface area contributed by atoms with Crippen LogP contribution in [0.2, 0.25) is 0 Å². The van der Waals surface area contributed by atoms with Gasteiger partial charge in [0.1, 0.15) is 0 Å². The second-order valence-electron chi connectivity index (χ2n) is 2.09. The third-order valence-electron chi connectivity index (χ3n) is 1.20. The van der Waals surface area contributed by atoms with Crippen molar-refractivity contribution in [2.45, 2.75) is 0 Å². The van der Waals surface area contributed by atoms with Gasteiger partial charge in [-0.05, 0) is 7.05 Å². The molecule has 0 fully saturated rings. The number of nitrogens with zero attached hydrogens (tertiary/aromatic N) is 2. The van der Waals surface area contributed by atoms with Crippen LogP contribution < -0.4 is 5.43 Å². The highest BCUT2D eigenvalue weighted by atomic mass is 16.3. The summed E-state index contributed by atoms with van der Waals surface area (Å²) < 4.78 is 0. The summed E-state index contributed by atoms with van der Waals surface area (Å²) in [6.07, 6.45) is 0. The number of hydrogen-bond acceptors (Lipinski definition) is 4. The molecule has 0 saturated heterocycles. The van der Waals surface area contributed by atoms with E-state index in [1.54, 1.807) is 0 Å². The summed E-state index contributed by atoms with van der Waals surface area (Å²) >= 11 is 0. The smallest absolute Gasteiger partial charge is 0.0558 e. The zero-order valence-corrected chi connectivity index (χ0v) is 6.38. The lowest BCUT2D eigenvalue weighted by molar-refractivity contribution is 0.222. The van der Waals surface area contributed by atoms with Crippen LogP contribution in [-0.2, 0) is 0 Å². The van der Waals surface area contributed by atoms with Gasteiger partial charge < -0.3 is 15.4 Å². The Morgan fingerprint density at radius 1 is 1.60 bits per heavy atom. The molecule has 0 rings (SSSR count). The average Bonchev–Trinajstić information content (AvgIpc) is 1.89. The van der Waals surface area contributed by atoms with Gasteiger partial charge in [-0.3, -0.25) is 0 Å². The molecule has 0 aliphatic carbocycles. The van der Waals surface area contributed by atoms with Gasteiger partial charge in [0.2, 0.25) is 0 Å². The van der Waals surface area contributed by atoms with Crippen LogP contribution in [0.3, 0.4) is 0 Å². The molecule has 0 radical (unpaired) electrons. The molecule has 0 aromatic rings. The van der Waals surface area contributed by atoms with E-state index >= 15 is 0 Å². The number of aliphatic hydroxyl groups excluding tert-OH is 1. The Morgan fingerprint density at radius 2 is 2.30 bits per heavy atom. The molecular formula is C6H15N3O. The van der Waals surface area contributed by atoms with E-state index in [-0.39, 0.29) is 6.61 Å². The number of rotatable bonds is 6. The lowest BCUT2D eigenvalue weighted by atomic mass is 10.5. The third-order valence-corrected chi connectivity index (χ3v) is 1.20. The van der Waals surface area contributed by atoms with Crippen molar-refractivity contribution in [2.24, 2.45) is 5.10 Å². The van der Waals surface area contributed by atoms with Crippen molar-refractivity contribution < 1.29 is 5.11 Å². The molecule has 0 aromatic heterocycles. The van der Waals surface area contributed by atoms with Crippen LogP contribution in [-0.4, -0.2) is 50.0 Å². The zero-order valence-electron chi connectivity index (χ0n) is 6.38. The zero-order chi connectivity index (χ0) is 7.82. The summed E-state index contributed by atoms with van der Waals surface area (Å²) in [4.78, 5) is 2.01. The fourth-order valence-corrected chi connectivity index (χ4v) is 0.602. The van der Waals surface area contributed by atoms with Gasteiger partial charge in [0, 0.05) is 26.4 Å². The molecule has 0 bridgehead atoms. The molecule has 60 valence electrons. The first-order valence-corrected chi connectivity index (χ1v) is 3.29. The first-order chi connectivity index (χ1) is 4.81. The molecule has 2 N–H and O–H groups in total. The van der Waals surface area contributed by atoms with E-state index in [9.17, 15) is 0 Å². The number of hydrogen-bond donors (Lipinski definition) is 2. The summed E-state index contributed by atoms with van der Waals surface area (Å²) in [6.45, 7) is 5.84. The highest BCUT2D eigenvalue weighted by Gasteiger charge is 1.93. The van der Waals surface area contributed by atoms with E-state index in [1.165, 1.54) is 0 Å². The molecule has 4 heteroatoms. The van der Waals surface area contributed by atoms with Crippen molar-refractivity contribution in [1.29, 1.82) is 0 Å². The van der Waals surface area contributed by atoms with Crippen molar-refractivity contribution in [2.75, 3.05) is 33.3 Å². The van der Waals surface area contributed by atoms with Crippen LogP contribution in [0.4, 0.5) is 0 Å². The highest BCUT2D eigenvalue weighted by molar-refractivity contribution is 5.22. The molecule has 0 unspecified atom stereocenters. The standard InChI is InChI=1S/C6H15N3O/c1-7-8-3-4-9(2)5-6-10/h8,10H,1,3-6H2,2H3. The van der Waals surface area contributed by atoms with Gasteiger partial charge in [-0.1, -0.05) is 0 Å². The van der Waals surface area contributed by atoms with E-state index in [0.29, 0.717) is 6.54 Å². The Balaban J connectivity index is 3.04. The van der Waals surface area contributed by atoms with Gasteiger partial charge in [-0.25, -0.2) is 0 Å². The minimum absolute atomic E-state index is 0.206.